The Kier molecular flexibility index (Phi) is 4.34. The number of nitrogens with zero attached hydrogens (tertiary/aromatic N) is 5. The molecule has 1 aliphatic rings. The summed E-state index contributed by atoms with van der Waals surface area (Å²) in [7, 11) is 0. The number of hydrogen-bond donors (Lipinski definition) is 2. The lowest BCUT2D eigenvalue weighted by atomic mass is 10.2. The topological polar surface area (TPSA) is 84.9 Å². The molecule has 1 unspecified atom stereocenters. The Morgan fingerprint density at radius 1 is 1.27 bits per heavy atom. The third-order valence-corrected chi connectivity index (χ3v) is 4.57. The van der Waals surface area contributed by atoms with Crippen LogP contribution in [0, 0.1) is 5.82 Å². The van der Waals surface area contributed by atoms with E-state index in [-0.39, 0.29) is 17.0 Å². The standard InChI is InChI=1S/C17H17ClFN7/c18-13-8-12(2-3-14(13)19)25-7-4-11(10-25)22-15-9-16(24-17(20)23-15)26-6-1-5-21-26/h1-3,5-6,8-9,11H,4,7,10H2,(H3,20,22,23,24). The van der Waals surface area contributed by atoms with Gasteiger partial charge in [-0.05, 0) is 30.7 Å². The van der Waals surface area contributed by atoms with Crippen molar-refractivity contribution in [3.63, 3.8) is 0 Å². The summed E-state index contributed by atoms with van der Waals surface area (Å²) >= 11 is 5.89. The Morgan fingerprint density at radius 3 is 2.92 bits per heavy atom. The fraction of sp³-hybridized carbons (Fsp3) is 0.235. The van der Waals surface area contributed by atoms with Crippen molar-refractivity contribution in [1.82, 2.24) is 19.7 Å². The summed E-state index contributed by atoms with van der Waals surface area (Å²) in [4.78, 5) is 10.6. The number of halogens is 2. The van der Waals surface area contributed by atoms with Crippen LogP contribution >= 0.6 is 11.6 Å². The predicted molar refractivity (Wildman–Crippen MR) is 99.2 cm³/mol. The van der Waals surface area contributed by atoms with Crippen LogP contribution in [-0.4, -0.2) is 38.9 Å². The monoisotopic (exact) mass is 373 g/mol. The molecule has 0 aliphatic carbocycles. The second-order valence-corrected chi connectivity index (χ2v) is 6.50. The quantitative estimate of drug-likeness (QED) is 0.731. The van der Waals surface area contributed by atoms with Crippen molar-refractivity contribution in [3.05, 3.63) is 53.6 Å². The number of benzene rings is 1. The first kappa shape index (κ1) is 16.6. The summed E-state index contributed by atoms with van der Waals surface area (Å²) in [5.41, 5.74) is 6.73. The Hall–Kier alpha value is -2.87. The van der Waals surface area contributed by atoms with Crippen LogP contribution in [0.15, 0.2) is 42.7 Å². The van der Waals surface area contributed by atoms with Gasteiger partial charge in [0.05, 0.1) is 5.02 Å². The molecule has 0 bridgehead atoms. The maximum absolute atomic E-state index is 13.3. The van der Waals surface area contributed by atoms with Crippen LogP contribution in [0.3, 0.4) is 0 Å². The first-order chi connectivity index (χ1) is 12.6. The van der Waals surface area contributed by atoms with Crippen LogP contribution in [0.1, 0.15) is 6.42 Å². The van der Waals surface area contributed by atoms with E-state index in [1.54, 1.807) is 35.3 Å². The Labute approximate surface area is 154 Å². The molecule has 0 amide bonds. The number of aromatic nitrogens is 4. The molecule has 4 rings (SSSR count). The van der Waals surface area contributed by atoms with Gasteiger partial charge in [0.25, 0.3) is 0 Å². The van der Waals surface area contributed by atoms with Gasteiger partial charge in [0.2, 0.25) is 5.95 Å². The number of hydrogen-bond acceptors (Lipinski definition) is 6. The van der Waals surface area contributed by atoms with E-state index < -0.39 is 5.82 Å². The molecule has 134 valence electrons. The highest BCUT2D eigenvalue weighted by Crippen LogP contribution is 2.26. The van der Waals surface area contributed by atoms with Gasteiger partial charge in [0, 0.05) is 43.3 Å². The van der Waals surface area contributed by atoms with Crippen LogP contribution in [-0.2, 0) is 0 Å². The van der Waals surface area contributed by atoms with Crippen molar-refractivity contribution in [2.45, 2.75) is 12.5 Å². The van der Waals surface area contributed by atoms with E-state index in [4.69, 9.17) is 17.3 Å². The Morgan fingerprint density at radius 2 is 2.15 bits per heavy atom. The lowest BCUT2D eigenvalue weighted by Crippen LogP contribution is -2.26. The van der Waals surface area contributed by atoms with Gasteiger partial charge in [-0.3, -0.25) is 0 Å². The lowest BCUT2D eigenvalue weighted by molar-refractivity contribution is 0.628. The fourth-order valence-electron chi connectivity index (χ4n) is 3.05. The summed E-state index contributed by atoms with van der Waals surface area (Å²) in [5.74, 6) is 1.02. The van der Waals surface area contributed by atoms with Crippen LogP contribution in [0.4, 0.5) is 21.8 Å². The van der Waals surface area contributed by atoms with Gasteiger partial charge in [-0.25, -0.2) is 9.07 Å². The summed E-state index contributed by atoms with van der Waals surface area (Å²) in [6.07, 6.45) is 4.38. The molecule has 1 atom stereocenters. The second-order valence-electron chi connectivity index (χ2n) is 6.09. The molecule has 0 saturated carbocycles. The van der Waals surface area contributed by atoms with Gasteiger partial charge in [-0.1, -0.05) is 11.6 Å². The number of anilines is 3. The van der Waals surface area contributed by atoms with Crippen LogP contribution in [0.25, 0.3) is 5.82 Å². The molecule has 3 N–H and O–H groups in total. The molecule has 2 aromatic heterocycles. The number of rotatable bonds is 4. The average molecular weight is 374 g/mol. The predicted octanol–water partition coefficient (Wildman–Crippen LogP) is 2.73. The maximum Gasteiger partial charge on any atom is 0.224 e. The zero-order valence-corrected chi connectivity index (χ0v) is 14.6. The molecular formula is C17H17ClFN7. The first-order valence-electron chi connectivity index (χ1n) is 8.19. The zero-order chi connectivity index (χ0) is 18.1. The van der Waals surface area contributed by atoms with Crippen molar-refractivity contribution < 1.29 is 4.39 Å². The van der Waals surface area contributed by atoms with E-state index in [9.17, 15) is 4.39 Å². The van der Waals surface area contributed by atoms with Crippen LogP contribution < -0.4 is 16.0 Å². The van der Waals surface area contributed by atoms with E-state index in [1.807, 2.05) is 6.07 Å². The first-order valence-corrected chi connectivity index (χ1v) is 8.57. The van der Waals surface area contributed by atoms with Crippen molar-refractivity contribution in [2.24, 2.45) is 0 Å². The third-order valence-electron chi connectivity index (χ3n) is 4.28. The molecule has 26 heavy (non-hydrogen) atoms. The van der Waals surface area contributed by atoms with E-state index in [0.717, 1.165) is 25.2 Å². The van der Waals surface area contributed by atoms with Gasteiger partial charge < -0.3 is 16.0 Å². The third kappa shape index (κ3) is 3.41. The molecule has 7 nitrogen and oxygen atoms in total. The molecule has 1 aliphatic heterocycles. The van der Waals surface area contributed by atoms with E-state index in [1.165, 1.54) is 6.07 Å². The molecule has 9 heteroatoms. The SMILES string of the molecule is Nc1nc(NC2CCN(c3ccc(F)c(Cl)c3)C2)cc(-n2cccn2)n1. The van der Waals surface area contributed by atoms with E-state index >= 15 is 0 Å². The minimum Gasteiger partial charge on any atom is -0.369 e. The zero-order valence-electron chi connectivity index (χ0n) is 13.8. The summed E-state index contributed by atoms with van der Waals surface area (Å²) in [6.45, 7) is 1.59. The Bertz CT molecular complexity index is 915. The molecule has 3 heterocycles. The highest BCUT2D eigenvalue weighted by atomic mass is 35.5. The average Bonchev–Trinajstić information content (AvgIpc) is 3.29. The fourth-order valence-corrected chi connectivity index (χ4v) is 3.23. The minimum atomic E-state index is -0.410. The highest BCUT2D eigenvalue weighted by molar-refractivity contribution is 6.31. The smallest absolute Gasteiger partial charge is 0.224 e. The summed E-state index contributed by atoms with van der Waals surface area (Å²) in [5, 5.41) is 7.68. The summed E-state index contributed by atoms with van der Waals surface area (Å²) in [6, 6.07) is 8.58. The van der Waals surface area contributed by atoms with Gasteiger partial charge in [-0.15, -0.1) is 0 Å². The minimum absolute atomic E-state index is 0.131. The van der Waals surface area contributed by atoms with Crippen molar-refractivity contribution >= 4 is 29.1 Å². The van der Waals surface area contributed by atoms with Gasteiger partial charge in [0.1, 0.15) is 11.6 Å². The molecular weight excluding hydrogens is 357 g/mol. The molecule has 3 aromatic rings. The van der Waals surface area contributed by atoms with Crippen molar-refractivity contribution in [1.29, 1.82) is 0 Å². The lowest BCUT2D eigenvalue weighted by Gasteiger charge is -2.20. The van der Waals surface area contributed by atoms with Crippen LogP contribution in [0.5, 0.6) is 0 Å². The maximum atomic E-state index is 13.3. The molecule has 1 aromatic carbocycles. The number of nitrogens with one attached hydrogen (secondary N) is 1. The van der Waals surface area contributed by atoms with Crippen molar-refractivity contribution in [2.75, 3.05) is 29.0 Å². The van der Waals surface area contributed by atoms with Gasteiger partial charge in [0.15, 0.2) is 5.82 Å². The van der Waals surface area contributed by atoms with E-state index in [2.05, 4.69) is 25.3 Å². The molecule has 0 radical (unpaired) electrons. The van der Waals surface area contributed by atoms with Crippen LogP contribution in [0.2, 0.25) is 5.02 Å². The van der Waals surface area contributed by atoms with Gasteiger partial charge >= 0.3 is 0 Å². The molecule has 0 spiro atoms. The van der Waals surface area contributed by atoms with Gasteiger partial charge in [-0.2, -0.15) is 15.1 Å². The largest absolute Gasteiger partial charge is 0.369 e. The normalized spacial score (nSPS) is 16.8. The second kappa shape index (κ2) is 6.80. The number of nitrogen functional groups attached to an aromatic ring is 1. The number of nitrogens with two attached hydrogens (primary N) is 1. The van der Waals surface area contributed by atoms with Crippen molar-refractivity contribution in [3.8, 4) is 5.82 Å². The Balaban J connectivity index is 1.48. The highest BCUT2D eigenvalue weighted by Gasteiger charge is 2.23. The molecule has 1 fully saturated rings. The van der Waals surface area contributed by atoms with E-state index in [0.29, 0.717) is 11.6 Å². The summed E-state index contributed by atoms with van der Waals surface area (Å²) < 4.78 is 15.0. The molecule has 1 saturated heterocycles.